The Labute approximate surface area is 101 Å². The van der Waals surface area contributed by atoms with Crippen molar-refractivity contribution in [1.82, 2.24) is 20.7 Å². The first-order valence-electron chi connectivity index (χ1n) is 6.03. The van der Waals surface area contributed by atoms with Gasteiger partial charge in [-0.25, -0.2) is 0 Å². The van der Waals surface area contributed by atoms with E-state index < -0.39 is 0 Å². The molecule has 0 amide bonds. The van der Waals surface area contributed by atoms with Gasteiger partial charge in [0.2, 0.25) is 0 Å². The van der Waals surface area contributed by atoms with Gasteiger partial charge in [0.1, 0.15) is 5.69 Å². The van der Waals surface area contributed by atoms with Crippen molar-refractivity contribution in [3.8, 4) is 0 Å². The van der Waals surface area contributed by atoms with Crippen LogP contribution in [0.4, 0.5) is 0 Å². The molecule has 1 unspecified atom stereocenters. The van der Waals surface area contributed by atoms with Crippen LogP contribution in [0.15, 0.2) is 30.5 Å². The maximum absolute atomic E-state index is 4.16. The van der Waals surface area contributed by atoms with Crippen LogP contribution in [0.2, 0.25) is 0 Å². The van der Waals surface area contributed by atoms with Gasteiger partial charge in [-0.2, -0.15) is 15.4 Å². The van der Waals surface area contributed by atoms with Crippen LogP contribution in [0.25, 0.3) is 0 Å². The number of rotatable bonds is 5. The number of hydrogen-bond donors (Lipinski definition) is 2. The lowest BCUT2D eigenvalue weighted by Crippen LogP contribution is -2.22. The molecule has 2 rings (SSSR count). The second kappa shape index (κ2) is 5.59. The van der Waals surface area contributed by atoms with Gasteiger partial charge in [0.25, 0.3) is 0 Å². The molecule has 0 radical (unpaired) electrons. The predicted octanol–water partition coefficient (Wildman–Crippen LogP) is 2.07. The first-order valence-corrected chi connectivity index (χ1v) is 6.03. The first kappa shape index (κ1) is 11.8. The molecule has 1 heterocycles. The topological polar surface area (TPSA) is 53.6 Å². The van der Waals surface area contributed by atoms with E-state index in [4.69, 9.17) is 0 Å². The molecule has 0 spiro atoms. The Kier molecular flexibility index (Phi) is 3.88. The molecule has 17 heavy (non-hydrogen) atoms. The molecule has 0 saturated heterocycles. The first-order chi connectivity index (χ1) is 8.35. The number of H-pyrrole nitrogens is 1. The summed E-state index contributed by atoms with van der Waals surface area (Å²) in [6.07, 6.45) is 2.83. The monoisotopic (exact) mass is 230 g/mol. The van der Waals surface area contributed by atoms with E-state index in [1.165, 1.54) is 11.1 Å². The highest BCUT2D eigenvalue weighted by atomic mass is 15.3. The van der Waals surface area contributed by atoms with Crippen molar-refractivity contribution in [1.29, 1.82) is 0 Å². The molecule has 1 aromatic carbocycles. The molecule has 1 aromatic heterocycles. The van der Waals surface area contributed by atoms with E-state index >= 15 is 0 Å². The molecular weight excluding hydrogens is 212 g/mol. The lowest BCUT2D eigenvalue weighted by atomic mass is 10.0. The number of aromatic nitrogens is 3. The smallest absolute Gasteiger partial charge is 0.104 e. The third-order valence-electron chi connectivity index (χ3n) is 2.86. The maximum Gasteiger partial charge on any atom is 0.104 e. The molecule has 4 nitrogen and oxygen atoms in total. The van der Waals surface area contributed by atoms with E-state index in [2.05, 4.69) is 58.8 Å². The average molecular weight is 230 g/mol. The van der Waals surface area contributed by atoms with Crippen LogP contribution in [0.1, 0.15) is 36.7 Å². The second-order valence-corrected chi connectivity index (χ2v) is 3.98. The molecule has 90 valence electrons. The second-order valence-electron chi connectivity index (χ2n) is 3.98. The van der Waals surface area contributed by atoms with Crippen molar-refractivity contribution in [3.05, 3.63) is 47.3 Å². The molecule has 1 atom stereocenters. The third-order valence-corrected chi connectivity index (χ3v) is 2.86. The quantitative estimate of drug-likeness (QED) is 0.826. The van der Waals surface area contributed by atoms with Crippen LogP contribution in [0, 0.1) is 0 Å². The Balaban J connectivity index is 2.26. The van der Waals surface area contributed by atoms with E-state index in [-0.39, 0.29) is 6.04 Å². The van der Waals surface area contributed by atoms with Crippen molar-refractivity contribution in [3.63, 3.8) is 0 Å². The van der Waals surface area contributed by atoms with Crippen molar-refractivity contribution in [2.24, 2.45) is 0 Å². The van der Waals surface area contributed by atoms with Gasteiger partial charge >= 0.3 is 0 Å². The minimum absolute atomic E-state index is 0.115. The molecule has 2 N–H and O–H groups in total. The molecule has 0 aliphatic rings. The molecule has 0 saturated carbocycles. The van der Waals surface area contributed by atoms with Gasteiger partial charge in [0, 0.05) is 0 Å². The molecule has 0 bridgehead atoms. The Morgan fingerprint density at radius 1 is 1.24 bits per heavy atom. The number of aromatic amines is 1. The summed E-state index contributed by atoms with van der Waals surface area (Å²) in [5.41, 5.74) is 3.50. The van der Waals surface area contributed by atoms with E-state index in [0.717, 1.165) is 18.7 Å². The summed E-state index contributed by atoms with van der Waals surface area (Å²) in [4.78, 5) is 0. The lowest BCUT2D eigenvalue weighted by molar-refractivity contribution is 0.613. The lowest BCUT2D eigenvalue weighted by Gasteiger charge is -2.15. The minimum atomic E-state index is 0.115. The minimum Gasteiger partial charge on any atom is -0.305 e. The van der Waals surface area contributed by atoms with Gasteiger partial charge in [-0.3, -0.25) is 0 Å². The Morgan fingerprint density at radius 2 is 2.00 bits per heavy atom. The average Bonchev–Trinajstić information content (AvgIpc) is 2.90. The van der Waals surface area contributed by atoms with Crippen LogP contribution in [-0.2, 0) is 6.42 Å². The summed E-state index contributed by atoms with van der Waals surface area (Å²) >= 11 is 0. The number of hydrogen-bond acceptors (Lipinski definition) is 3. The van der Waals surface area contributed by atoms with Gasteiger partial charge in [0.05, 0.1) is 12.2 Å². The number of aryl methyl sites for hydroxylation is 1. The molecule has 4 heteroatoms. The molecule has 0 fully saturated rings. The van der Waals surface area contributed by atoms with Crippen molar-refractivity contribution in [2.75, 3.05) is 6.54 Å². The summed E-state index contributed by atoms with van der Waals surface area (Å²) in [7, 11) is 0. The highest BCUT2D eigenvalue weighted by molar-refractivity contribution is 5.29. The van der Waals surface area contributed by atoms with Gasteiger partial charge in [-0.15, -0.1) is 0 Å². The molecular formula is C13H18N4. The standard InChI is InChI=1S/C13H18N4/c1-3-10-5-7-11(8-6-10)13(14-4-2)12-9-15-17-16-12/h5-9,13-14H,3-4H2,1-2H3,(H,15,16,17). The summed E-state index contributed by atoms with van der Waals surface area (Å²) in [6.45, 7) is 5.15. The van der Waals surface area contributed by atoms with Gasteiger partial charge in [-0.1, -0.05) is 38.1 Å². The summed E-state index contributed by atoms with van der Waals surface area (Å²) < 4.78 is 0. The zero-order valence-electron chi connectivity index (χ0n) is 10.3. The third kappa shape index (κ3) is 2.71. The Bertz CT molecular complexity index is 433. The SMILES string of the molecule is CCNC(c1ccc(CC)cc1)c1cn[nH]n1. The fourth-order valence-corrected chi connectivity index (χ4v) is 1.89. The highest BCUT2D eigenvalue weighted by Gasteiger charge is 2.15. The molecule has 0 aliphatic carbocycles. The fourth-order valence-electron chi connectivity index (χ4n) is 1.89. The van der Waals surface area contributed by atoms with Crippen molar-refractivity contribution in [2.45, 2.75) is 26.3 Å². The maximum atomic E-state index is 4.16. The summed E-state index contributed by atoms with van der Waals surface area (Å²) in [6, 6.07) is 8.76. The van der Waals surface area contributed by atoms with Crippen molar-refractivity contribution >= 4 is 0 Å². The highest BCUT2D eigenvalue weighted by Crippen LogP contribution is 2.19. The summed E-state index contributed by atoms with van der Waals surface area (Å²) in [5.74, 6) is 0. The van der Waals surface area contributed by atoms with Crippen molar-refractivity contribution < 1.29 is 0 Å². The van der Waals surface area contributed by atoms with Gasteiger partial charge in [0.15, 0.2) is 0 Å². The zero-order chi connectivity index (χ0) is 12.1. The zero-order valence-corrected chi connectivity index (χ0v) is 10.3. The van der Waals surface area contributed by atoms with E-state index in [1.807, 2.05) is 0 Å². The van der Waals surface area contributed by atoms with Crippen LogP contribution in [0.3, 0.4) is 0 Å². The Morgan fingerprint density at radius 3 is 2.53 bits per heavy atom. The molecule has 2 aromatic rings. The van der Waals surface area contributed by atoms with Crippen LogP contribution >= 0.6 is 0 Å². The normalized spacial score (nSPS) is 12.6. The van der Waals surface area contributed by atoms with E-state index in [9.17, 15) is 0 Å². The van der Waals surface area contributed by atoms with Gasteiger partial charge < -0.3 is 5.32 Å². The Hall–Kier alpha value is -1.68. The molecule has 0 aliphatic heterocycles. The predicted molar refractivity (Wildman–Crippen MR) is 67.7 cm³/mol. The number of nitrogens with one attached hydrogen (secondary N) is 2. The summed E-state index contributed by atoms with van der Waals surface area (Å²) in [5, 5.41) is 14.1. The van der Waals surface area contributed by atoms with Crippen LogP contribution < -0.4 is 5.32 Å². The largest absolute Gasteiger partial charge is 0.305 e. The number of nitrogens with zero attached hydrogens (tertiary/aromatic N) is 2. The van der Waals surface area contributed by atoms with E-state index in [0.29, 0.717) is 0 Å². The number of benzene rings is 1. The van der Waals surface area contributed by atoms with Crippen LogP contribution in [-0.4, -0.2) is 22.0 Å². The van der Waals surface area contributed by atoms with E-state index in [1.54, 1.807) is 6.20 Å². The van der Waals surface area contributed by atoms with Crippen LogP contribution in [0.5, 0.6) is 0 Å². The van der Waals surface area contributed by atoms with Gasteiger partial charge in [-0.05, 0) is 24.1 Å². The fraction of sp³-hybridized carbons (Fsp3) is 0.385.